The van der Waals surface area contributed by atoms with E-state index in [1.54, 1.807) is 41.4 Å². The van der Waals surface area contributed by atoms with Gasteiger partial charge in [-0.1, -0.05) is 11.6 Å². The number of nitrogens with zero attached hydrogens (tertiary/aromatic N) is 4. The normalized spacial score (nSPS) is 14.1. The summed E-state index contributed by atoms with van der Waals surface area (Å²) in [5, 5.41) is 9.45. The highest BCUT2D eigenvalue weighted by Gasteiger charge is 2.22. The number of amides is 1. The molecule has 0 aliphatic carbocycles. The topological polar surface area (TPSA) is 69.5 Å². The molecule has 1 amide bonds. The molecule has 7 heteroatoms. The Morgan fingerprint density at radius 2 is 1.88 bits per heavy atom. The molecule has 2 heterocycles. The minimum absolute atomic E-state index is 0.0107. The van der Waals surface area contributed by atoms with Crippen LogP contribution in [0.2, 0.25) is 5.02 Å². The van der Waals surface area contributed by atoms with Crippen LogP contribution in [0, 0.1) is 11.3 Å². The Morgan fingerprint density at radius 3 is 2.48 bits per heavy atom. The van der Waals surface area contributed by atoms with Crippen LogP contribution in [0.15, 0.2) is 42.6 Å². The number of carbonyl (C=O) groups is 1. The lowest BCUT2D eigenvalue weighted by Gasteiger charge is -2.35. The largest absolute Gasteiger partial charge is 0.484 e. The Bertz CT molecular complexity index is 763. The minimum atomic E-state index is -0.0395. The molecule has 0 spiro atoms. The van der Waals surface area contributed by atoms with E-state index in [0.29, 0.717) is 42.5 Å². The number of pyridine rings is 1. The van der Waals surface area contributed by atoms with Crippen molar-refractivity contribution in [3.8, 4) is 11.8 Å². The number of benzene rings is 1. The molecule has 0 radical (unpaired) electrons. The van der Waals surface area contributed by atoms with Gasteiger partial charge in [0, 0.05) is 37.4 Å². The van der Waals surface area contributed by atoms with Crippen molar-refractivity contribution >= 4 is 23.3 Å². The zero-order valence-electron chi connectivity index (χ0n) is 13.6. The van der Waals surface area contributed by atoms with Crippen molar-refractivity contribution < 1.29 is 9.53 Å². The molecule has 1 aliphatic heterocycles. The van der Waals surface area contributed by atoms with Gasteiger partial charge in [0.05, 0.1) is 5.56 Å². The standard InChI is InChI=1S/C18H17ClN4O2/c19-15-2-4-16(5-3-15)25-13-18(24)23-9-7-22(8-10-23)17-6-1-14(11-20)12-21-17/h1-6,12H,7-10,13H2. The fourth-order valence-electron chi connectivity index (χ4n) is 2.59. The van der Waals surface area contributed by atoms with Crippen molar-refractivity contribution in [1.82, 2.24) is 9.88 Å². The Kier molecular flexibility index (Phi) is 5.36. The minimum Gasteiger partial charge on any atom is -0.484 e. The maximum atomic E-state index is 12.3. The van der Waals surface area contributed by atoms with Crippen LogP contribution in [0.4, 0.5) is 5.82 Å². The van der Waals surface area contributed by atoms with Crippen molar-refractivity contribution in [1.29, 1.82) is 5.26 Å². The molecule has 1 aromatic carbocycles. The third-order valence-electron chi connectivity index (χ3n) is 4.01. The van der Waals surface area contributed by atoms with Crippen molar-refractivity contribution in [2.24, 2.45) is 0 Å². The van der Waals surface area contributed by atoms with E-state index in [9.17, 15) is 4.79 Å². The molecule has 2 aromatic rings. The average molecular weight is 357 g/mol. The summed E-state index contributed by atoms with van der Waals surface area (Å²) >= 11 is 5.82. The van der Waals surface area contributed by atoms with Crippen LogP contribution >= 0.6 is 11.6 Å². The summed E-state index contributed by atoms with van der Waals surface area (Å²) in [7, 11) is 0. The van der Waals surface area contributed by atoms with Crippen molar-refractivity contribution in [3.63, 3.8) is 0 Å². The maximum absolute atomic E-state index is 12.3. The number of aromatic nitrogens is 1. The number of anilines is 1. The van der Waals surface area contributed by atoms with Gasteiger partial charge in [-0.15, -0.1) is 0 Å². The smallest absolute Gasteiger partial charge is 0.260 e. The molecule has 0 saturated carbocycles. The Balaban J connectivity index is 1.48. The van der Waals surface area contributed by atoms with Crippen molar-refractivity contribution in [2.45, 2.75) is 0 Å². The van der Waals surface area contributed by atoms with Gasteiger partial charge in [-0.3, -0.25) is 4.79 Å². The summed E-state index contributed by atoms with van der Waals surface area (Å²) in [5.41, 5.74) is 0.539. The van der Waals surface area contributed by atoms with Gasteiger partial charge in [-0.2, -0.15) is 5.26 Å². The second kappa shape index (κ2) is 7.86. The summed E-state index contributed by atoms with van der Waals surface area (Å²) < 4.78 is 5.51. The van der Waals surface area contributed by atoms with E-state index in [2.05, 4.69) is 16.0 Å². The number of hydrogen-bond acceptors (Lipinski definition) is 5. The number of ether oxygens (including phenoxy) is 1. The number of halogens is 1. The third kappa shape index (κ3) is 4.40. The molecule has 1 saturated heterocycles. The van der Waals surface area contributed by atoms with Gasteiger partial charge < -0.3 is 14.5 Å². The van der Waals surface area contributed by atoms with E-state index in [4.69, 9.17) is 21.6 Å². The van der Waals surface area contributed by atoms with E-state index in [-0.39, 0.29) is 12.5 Å². The van der Waals surface area contributed by atoms with Crippen LogP contribution in [-0.2, 0) is 4.79 Å². The first-order valence-corrected chi connectivity index (χ1v) is 8.31. The molecule has 0 atom stereocenters. The highest BCUT2D eigenvalue weighted by molar-refractivity contribution is 6.30. The van der Waals surface area contributed by atoms with Crippen LogP contribution in [-0.4, -0.2) is 48.6 Å². The van der Waals surface area contributed by atoms with Gasteiger partial charge in [0.15, 0.2) is 6.61 Å². The molecule has 0 bridgehead atoms. The van der Waals surface area contributed by atoms with E-state index >= 15 is 0 Å². The second-order valence-corrected chi connectivity index (χ2v) is 6.06. The summed E-state index contributed by atoms with van der Waals surface area (Å²) in [6, 6.07) is 12.6. The zero-order chi connectivity index (χ0) is 17.6. The Hall–Kier alpha value is -2.78. The predicted molar refractivity (Wildman–Crippen MR) is 94.7 cm³/mol. The molecule has 3 rings (SSSR count). The lowest BCUT2D eigenvalue weighted by atomic mass is 10.2. The second-order valence-electron chi connectivity index (χ2n) is 5.63. The fourth-order valence-corrected chi connectivity index (χ4v) is 2.72. The van der Waals surface area contributed by atoms with Gasteiger partial charge in [0.25, 0.3) is 5.91 Å². The molecule has 1 aromatic heterocycles. The summed E-state index contributed by atoms with van der Waals surface area (Å²) in [6.07, 6.45) is 1.56. The Morgan fingerprint density at radius 1 is 1.16 bits per heavy atom. The molecular weight excluding hydrogens is 340 g/mol. The van der Waals surface area contributed by atoms with E-state index < -0.39 is 0 Å². The number of hydrogen-bond donors (Lipinski definition) is 0. The summed E-state index contributed by atoms with van der Waals surface area (Å²) in [5.74, 6) is 1.41. The van der Waals surface area contributed by atoms with Crippen LogP contribution < -0.4 is 9.64 Å². The van der Waals surface area contributed by atoms with E-state index in [0.717, 1.165) is 5.82 Å². The molecule has 1 fully saturated rings. The average Bonchev–Trinajstić information content (AvgIpc) is 2.67. The highest BCUT2D eigenvalue weighted by Crippen LogP contribution is 2.16. The SMILES string of the molecule is N#Cc1ccc(N2CCN(C(=O)COc3ccc(Cl)cc3)CC2)nc1. The van der Waals surface area contributed by atoms with E-state index in [1.165, 1.54) is 0 Å². The van der Waals surface area contributed by atoms with Crippen molar-refractivity contribution in [2.75, 3.05) is 37.7 Å². The number of nitriles is 1. The molecule has 25 heavy (non-hydrogen) atoms. The first-order chi connectivity index (χ1) is 12.2. The van der Waals surface area contributed by atoms with Crippen LogP contribution in [0.3, 0.4) is 0 Å². The maximum Gasteiger partial charge on any atom is 0.260 e. The van der Waals surface area contributed by atoms with Crippen LogP contribution in [0.5, 0.6) is 5.75 Å². The van der Waals surface area contributed by atoms with E-state index in [1.807, 2.05) is 6.07 Å². The van der Waals surface area contributed by atoms with Crippen LogP contribution in [0.1, 0.15) is 5.56 Å². The first kappa shape index (κ1) is 17.1. The molecule has 1 aliphatic rings. The monoisotopic (exact) mass is 356 g/mol. The van der Waals surface area contributed by atoms with Crippen LogP contribution in [0.25, 0.3) is 0 Å². The third-order valence-corrected chi connectivity index (χ3v) is 4.26. The lowest BCUT2D eigenvalue weighted by molar-refractivity contribution is -0.133. The Labute approximate surface area is 151 Å². The van der Waals surface area contributed by atoms with Gasteiger partial charge in [-0.25, -0.2) is 4.98 Å². The lowest BCUT2D eigenvalue weighted by Crippen LogP contribution is -2.50. The zero-order valence-corrected chi connectivity index (χ0v) is 14.3. The fraction of sp³-hybridized carbons (Fsp3) is 0.278. The van der Waals surface area contributed by atoms with Crippen molar-refractivity contribution in [3.05, 3.63) is 53.2 Å². The van der Waals surface area contributed by atoms with Gasteiger partial charge in [-0.05, 0) is 36.4 Å². The number of carbonyl (C=O) groups excluding carboxylic acids is 1. The quantitative estimate of drug-likeness (QED) is 0.841. The summed E-state index contributed by atoms with van der Waals surface area (Å²) in [6.45, 7) is 2.64. The molecule has 0 N–H and O–H groups in total. The number of piperazine rings is 1. The predicted octanol–water partition coefficient (Wildman–Crippen LogP) is 2.33. The van der Waals surface area contributed by atoms with Gasteiger partial charge in [0.2, 0.25) is 0 Å². The number of rotatable bonds is 4. The molecule has 6 nitrogen and oxygen atoms in total. The molecule has 0 unspecified atom stereocenters. The molecular formula is C18H17ClN4O2. The first-order valence-electron chi connectivity index (χ1n) is 7.93. The van der Waals surface area contributed by atoms with Gasteiger partial charge in [0.1, 0.15) is 17.6 Å². The molecule has 128 valence electrons. The van der Waals surface area contributed by atoms with Gasteiger partial charge >= 0.3 is 0 Å². The highest BCUT2D eigenvalue weighted by atomic mass is 35.5. The summed E-state index contributed by atoms with van der Waals surface area (Å²) in [4.78, 5) is 20.5.